The third-order valence-corrected chi connectivity index (χ3v) is 0.916. The summed E-state index contributed by atoms with van der Waals surface area (Å²) < 4.78 is 15.6. The lowest BCUT2D eigenvalue weighted by Crippen LogP contribution is -2.21. The minimum atomic E-state index is -0.279. The van der Waals surface area contributed by atoms with Crippen LogP contribution in [0.25, 0.3) is 0 Å². The van der Waals surface area contributed by atoms with Crippen LogP contribution >= 0.6 is 12.8 Å². The van der Waals surface area contributed by atoms with E-state index in [2.05, 4.69) is 4.28 Å². The first-order valence-corrected chi connectivity index (χ1v) is 3.30. The van der Waals surface area contributed by atoms with Gasteiger partial charge >= 0.3 is 0 Å². The normalized spacial score (nSPS) is 10.7. The lowest BCUT2D eigenvalue weighted by Gasteiger charge is -1.99. The van der Waals surface area contributed by atoms with Crippen molar-refractivity contribution < 1.29 is 13.8 Å². The topological polar surface area (TPSA) is 47.6 Å². The fourth-order valence-electron chi connectivity index (χ4n) is 0.407. The molecule has 0 saturated carbocycles. The van der Waals surface area contributed by atoms with Crippen LogP contribution < -0.4 is 5.48 Å². The predicted octanol–water partition coefficient (Wildman–Crippen LogP) is 0.306. The lowest BCUT2D eigenvalue weighted by atomic mass is 10.4. The van der Waals surface area contributed by atoms with Gasteiger partial charge in [0.25, 0.3) is 0 Å². The van der Waals surface area contributed by atoms with Gasteiger partial charge in [-0.15, -0.1) is 0 Å². The molecule has 0 aliphatic heterocycles. The molecular formula is C5H11NO3S. The van der Waals surface area contributed by atoms with Crippen LogP contribution in [0, 0.1) is 0 Å². The molecule has 0 unspecified atom stereocenters. The predicted molar refractivity (Wildman–Crippen MR) is 39.3 cm³/mol. The third-order valence-electron chi connectivity index (χ3n) is 0.833. The second-order valence-electron chi connectivity index (χ2n) is 1.56. The molecule has 1 amide bonds. The van der Waals surface area contributed by atoms with Crippen molar-refractivity contribution in [1.29, 1.82) is 1.12 Å². The lowest BCUT2D eigenvalue weighted by molar-refractivity contribution is -0.127. The largest absolute Gasteiger partial charge is 0.381 e. The number of hydrogen-bond acceptors (Lipinski definition) is 4. The van der Waals surface area contributed by atoms with Crippen molar-refractivity contribution in [3.8, 4) is 0 Å². The molecule has 4 nitrogen and oxygen atoms in total. The summed E-state index contributed by atoms with van der Waals surface area (Å²) in [6.07, 6.45) is 0.258. The summed E-state index contributed by atoms with van der Waals surface area (Å²) in [4.78, 5) is 10.7. The van der Waals surface area contributed by atoms with Gasteiger partial charge in [-0.2, -0.15) is 0 Å². The molecule has 0 aliphatic carbocycles. The Morgan fingerprint density at radius 2 is 2.70 bits per heavy atom. The van der Waals surface area contributed by atoms with Crippen LogP contribution in [-0.2, 0) is 13.8 Å². The van der Waals surface area contributed by atoms with Gasteiger partial charge in [-0.1, -0.05) is 0 Å². The van der Waals surface area contributed by atoms with E-state index in [-0.39, 0.29) is 12.3 Å². The van der Waals surface area contributed by atoms with E-state index in [1.165, 1.54) is 0 Å². The number of thiol groups is 1. The average molecular weight is 167 g/mol. The number of amides is 1. The Labute approximate surface area is 66.5 Å². The zero-order chi connectivity index (χ0) is 8.53. The van der Waals surface area contributed by atoms with Crippen molar-refractivity contribution in [1.82, 2.24) is 5.48 Å². The van der Waals surface area contributed by atoms with Crippen LogP contribution in [0.1, 0.15) is 13.3 Å². The number of hydrogen-bond donors (Lipinski definition) is 2. The van der Waals surface area contributed by atoms with E-state index in [0.717, 1.165) is 0 Å². The van der Waals surface area contributed by atoms with Gasteiger partial charge in [0, 0.05) is 19.4 Å². The summed E-state index contributed by atoms with van der Waals surface area (Å²) in [5.74, 6) is -0.279. The van der Waals surface area contributed by atoms with Crippen LogP contribution in [0.5, 0.6) is 0 Å². The molecule has 10 heavy (non-hydrogen) atoms. The molecule has 0 atom stereocenters. The fourth-order valence-corrected chi connectivity index (χ4v) is 0.500. The highest BCUT2D eigenvalue weighted by Crippen LogP contribution is 1.83. The first-order valence-electron chi connectivity index (χ1n) is 3.37. The molecule has 0 fully saturated rings. The van der Waals surface area contributed by atoms with Crippen LogP contribution in [0.3, 0.4) is 0 Å². The summed E-state index contributed by atoms with van der Waals surface area (Å²) in [5, 5.41) is 0. The quantitative estimate of drug-likeness (QED) is 0.259. The molecule has 0 rings (SSSR count). The maximum Gasteiger partial charge on any atom is 0.246 e. The van der Waals surface area contributed by atoms with Gasteiger partial charge in [0.05, 0.1) is 13.0 Å². The molecule has 0 heterocycles. The number of carbonyl (C=O) groups is 1. The number of hydroxylamine groups is 1. The van der Waals surface area contributed by atoms with Crippen molar-refractivity contribution in [2.75, 3.05) is 13.2 Å². The fraction of sp³-hybridized carbons (Fsp3) is 0.800. The summed E-state index contributed by atoms with van der Waals surface area (Å²) in [5.41, 5.74) is 2.05. The Hall–Kier alpha value is -0.260. The minimum Gasteiger partial charge on any atom is -0.381 e. The average Bonchev–Trinajstić information content (AvgIpc) is 2.01. The molecule has 0 aromatic rings. The van der Waals surface area contributed by atoms with E-state index in [9.17, 15) is 4.79 Å². The summed E-state index contributed by atoms with van der Waals surface area (Å²) in [7, 11) is 0. The highest BCUT2D eigenvalue weighted by molar-refractivity contribution is 7.75. The molecule has 0 radical (unpaired) electrons. The first kappa shape index (κ1) is 7.84. The van der Waals surface area contributed by atoms with E-state index < -0.39 is 0 Å². The minimum absolute atomic E-state index is 0.258. The van der Waals surface area contributed by atoms with Gasteiger partial charge in [-0.3, -0.25) is 4.79 Å². The van der Waals surface area contributed by atoms with E-state index in [4.69, 9.17) is 5.86 Å². The van der Waals surface area contributed by atoms with Gasteiger partial charge in [0.2, 0.25) is 5.91 Å². The van der Waals surface area contributed by atoms with Gasteiger partial charge in [-0.25, -0.2) is 9.76 Å². The van der Waals surface area contributed by atoms with Crippen molar-refractivity contribution >= 4 is 18.7 Å². The van der Waals surface area contributed by atoms with E-state index in [1.54, 1.807) is 0 Å². The van der Waals surface area contributed by atoms with Crippen molar-refractivity contribution in [3.63, 3.8) is 0 Å². The van der Waals surface area contributed by atoms with Gasteiger partial charge in [0.1, 0.15) is 1.12 Å². The Balaban J connectivity index is 3.09. The zero-order valence-electron chi connectivity index (χ0n) is 6.75. The van der Waals surface area contributed by atoms with Crippen molar-refractivity contribution in [2.24, 2.45) is 0 Å². The smallest absolute Gasteiger partial charge is 0.246 e. The third kappa shape index (κ3) is 5.87. The van der Waals surface area contributed by atoms with E-state index in [0.29, 0.717) is 26.0 Å². The van der Waals surface area contributed by atoms with Crippen LogP contribution in [-0.4, -0.2) is 20.2 Å². The molecule has 0 spiro atoms. The Kier molecular flexibility index (Phi) is 5.38. The maximum absolute atomic E-state index is 10.7. The second-order valence-corrected chi connectivity index (χ2v) is 1.72. The maximum atomic E-state index is 10.7. The number of rotatable bonds is 6. The molecule has 0 aromatic carbocycles. The summed E-state index contributed by atoms with van der Waals surface area (Å²) in [6, 6.07) is 0. The van der Waals surface area contributed by atoms with Crippen molar-refractivity contribution in [2.45, 2.75) is 13.3 Å². The van der Waals surface area contributed by atoms with Crippen LogP contribution in [0.4, 0.5) is 0 Å². The summed E-state index contributed by atoms with van der Waals surface area (Å²) >= 11 is 0.346. The van der Waals surface area contributed by atoms with Gasteiger partial charge < -0.3 is 4.74 Å². The summed E-state index contributed by atoms with van der Waals surface area (Å²) in [6.45, 7) is 2.84. The molecule has 60 valence electrons. The molecule has 5 heteroatoms. The van der Waals surface area contributed by atoms with E-state index in [1.807, 2.05) is 12.4 Å². The van der Waals surface area contributed by atoms with Crippen LogP contribution in [0.15, 0.2) is 0 Å². The molecule has 0 bridgehead atoms. The molecule has 0 aliphatic rings. The monoisotopic (exact) mass is 167 g/mol. The Morgan fingerprint density at radius 1 is 1.90 bits per heavy atom. The standard InChI is InChI=1S/C5H11NO3S/c1-2-8-4-3-5(7)6-9-10/h10H,2-4H2,1H3,(H,6,7)/i/hT. The number of carbonyl (C=O) groups excluding carboxylic acids is 1. The Morgan fingerprint density at radius 3 is 3.30 bits per heavy atom. The number of ether oxygens (including phenoxy) is 1. The highest BCUT2D eigenvalue weighted by Gasteiger charge is 1.97. The zero-order valence-corrected chi connectivity index (χ0v) is 6.57. The van der Waals surface area contributed by atoms with Gasteiger partial charge in [-0.05, 0) is 6.92 Å². The second kappa shape index (κ2) is 6.85. The Bertz CT molecular complexity index is 114. The van der Waals surface area contributed by atoms with E-state index >= 15 is 0 Å². The first-order chi connectivity index (χ1) is 5.31. The number of nitrogens with one attached hydrogen (secondary N) is 1. The van der Waals surface area contributed by atoms with Crippen LogP contribution in [0.2, 0.25) is 0 Å². The molecule has 0 aromatic heterocycles. The molecule has 0 saturated heterocycles. The highest BCUT2D eigenvalue weighted by atomic mass is 32.1. The van der Waals surface area contributed by atoms with Crippen molar-refractivity contribution in [3.05, 3.63) is 0 Å². The van der Waals surface area contributed by atoms with Gasteiger partial charge in [0.15, 0.2) is 0 Å². The molecule has 1 N–H and O–H groups in total. The molecular weight excluding hydrogens is 154 g/mol. The SMILES string of the molecule is [3H]SONC(=O)CCOCC.